The third kappa shape index (κ3) is 5.53. The molecule has 0 saturated carbocycles. The summed E-state index contributed by atoms with van der Waals surface area (Å²) in [6, 6.07) is -0.174. The molecule has 0 spiro atoms. The Hall–Kier alpha value is -2.02. The number of hydrogen-bond acceptors (Lipinski definition) is 3. The molecule has 13 heteroatoms. The number of urea groups is 1. The zero-order valence-corrected chi connectivity index (χ0v) is 16.1. The summed E-state index contributed by atoms with van der Waals surface area (Å²) in [5.74, 6) is 0. The molecule has 0 bridgehead atoms. The van der Waals surface area contributed by atoms with Gasteiger partial charge in [0.15, 0.2) is 0 Å². The molecule has 0 aromatic heterocycles. The zero-order valence-electron chi connectivity index (χ0n) is 15.3. The molecule has 2 rings (SSSR count). The molecule has 1 fully saturated rings. The van der Waals surface area contributed by atoms with E-state index < -0.39 is 44.4 Å². The summed E-state index contributed by atoms with van der Waals surface area (Å²) in [4.78, 5) is 12.1. The van der Waals surface area contributed by atoms with Crippen molar-refractivity contribution in [2.24, 2.45) is 0 Å². The second kappa shape index (κ2) is 8.38. The van der Waals surface area contributed by atoms with Crippen molar-refractivity contribution in [3.8, 4) is 0 Å². The molecule has 0 radical (unpaired) electrons. The molecule has 6 nitrogen and oxygen atoms in total. The molecular weight excluding hydrogens is 428 g/mol. The molecule has 1 aromatic carbocycles. The summed E-state index contributed by atoms with van der Waals surface area (Å²) < 4.78 is 104. The fraction of sp³-hybridized carbons (Fsp3) is 0.562. The number of rotatable bonds is 4. The van der Waals surface area contributed by atoms with Crippen molar-refractivity contribution in [2.75, 3.05) is 32.7 Å². The Bertz CT molecular complexity index is 814. The Morgan fingerprint density at radius 2 is 1.45 bits per heavy atom. The molecule has 0 unspecified atom stereocenters. The van der Waals surface area contributed by atoms with Gasteiger partial charge in [-0.15, -0.1) is 0 Å². The zero-order chi connectivity index (χ0) is 22.0. The normalized spacial score (nSPS) is 16.7. The number of carbonyl (C=O) groups is 1. The molecule has 1 saturated heterocycles. The monoisotopic (exact) mass is 447 g/mol. The van der Waals surface area contributed by atoms with E-state index in [0.29, 0.717) is 13.0 Å². The lowest BCUT2D eigenvalue weighted by molar-refractivity contribution is -0.143. The van der Waals surface area contributed by atoms with Gasteiger partial charge < -0.3 is 10.2 Å². The molecule has 29 heavy (non-hydrogen) atoms. The number of alkyl halides is 6. The lowest BCUT2D eigenvalue weighted by atomic mass is 10.1. The first-order valence-electron chi connectivity index (χ1n) is 8.59. The lowest BCUT2D eigenvalue weighted by Gasteiger charge is -2.34. The summed E-state index contributed by atoms with van der Waals surface area (Å²) in [5, 5.41) is 2.60. The summed E-state index contributed by atoms with van der Waals surface area (Å²) in [6.07, 6.45) is -9.61. The van der Waals surface area contributed by atoms with Crippen LogP contribution in [0.2, 0.25) is 0 Å². The average molecular weight is 447 g/mol. The van der Waals surface area contributed by atoms with E-state index in [4.69, 9.17) is 0 Å². The van der Waals surface area contributed by atoms with Crippen molar-refractivity contribution in [3.63, 3.8) is 0 Å². The van der Waals surface area contributed by atoms with Gasteiger partial charge in [0.05, 0.1) is 16.0 Å². The fourth-order valence-electron chi connectivity index (χ4n) is 2.70. The third-order valence-corrected chi connectivity index (χ3v) is 6.13. The molecule has 164 valence electrons. The van der Waals surface area contributed by atoms with Crippen LogP contribution in [0.3, 0.4) is 0 Å². The highest BCUT2D eigenvalue weighted by Crippen LogP contribution is 2.37. The number of sulfonamides is 1. The average Bonchev–Trinajstić information content (AvgIpc) is 2.64. The minimum absolute atomic E-state index is 0.0418. The van der Waals surface area contributed by atoms with E-state index >= 15 is 0 Å². The molecule has 1 aliphatic heterocycles. The Morgan fingerprint density at radius 1 is 0.966 bits per heavy atom. The molecule has 1 aliphatic rings. The molecule has 1 heterocycles. The van der Waals surface area contributed by atoms with Gasteiger partial charge in [0, 0.05) is 32.7 Å². The van der Waals surface area contributed by atoms with Gasteiger partial charge in [-0.25, -0.2) is 13.2 Å². The molecule has 1 aromatic rings. The Balaban J connectivity index is 2.29. The highest BCUT2D eigenvalue weighted by Gasteiger charge is 2.39. The molecule has 0 aliphatic carbocycles. The topological polar surface area (TPSA) is 69.7 Å². The van der Waals surface area contributed by atoms with Crippen LogP contribution in [-0.2, 0) is 22.4 Å². The van der Waals surface area contributed by atoms with Gasteiger partial charge in [0.1, 0.15) is 0 Å². The lowest BCUT2D eigenvalue weighted by Crippen LogP contribution is -2.53. The van der Waals surface area contributed by atoms with Crippen LogP contribution >= 0.6 is 0 Å². The van der Waals surface area contributed by atoms with E-state index in [9.17, 15) is 39.6 Å². The molecule has 0 atom stereocenters. The van der Waals surface area contributed by atoms with Crippen molar-refractivity contribution in [1.82, 2.24) is 14.5 Å². The van der Waals surface area contributed by atoms with E-state index in [-0.39, 0.29) is 44.4 Å². The second-order valence-electron chi connectivity index (χ2n) is 6.36. The van der Waals surface area contributed by atoms with Gasteiger partial charge in [-0.1, -0.05) is 6.92 Å². The smallest absolute Gasteiger partial charge is 0.338 e. The predicted molar refractivity (Wildman–Crippen MR) is 90.5 cm³/mol. The fourth-order valence-corrected chi connectivity index (χ4v) is 4.19. The first-order chi connectivity index (χ1) is 13.3. The van der Waals surface area contributed by atoms with Gasteiger partial charge in [-0.2, -0.15) is 30.6 Å². The van der Waals surface area contributed by atoms with E-state index in [2.05, 4.69) is 5.32 Å². The van der Waals surface area contributed by atoms with Crippen LogP contribution in [0.25, 0.3) is 0 Å². The summed E-state index contributed by atoms with van der Waals surface area (Å²) in [5.41, 5.74) is -3.41. The van der Waals surface area contributed by atoms with Gasteiger partial charge in [0.25, 0.3) is 0 Å². The Kier molecular flexibility index (Phi) is 6.72. The van der Waals surface area contributed by atoms with Crippen LogP contribution in [0.1, 0.15) is 24.5 Å². The Morgan fingerprint density at radius 3 is 1.86 bits per heavy atom. The summed E-state index contributed by atoms with van der Waals surface area (Å²) >= 11 is 0. The van der Waals surface area contributed by atoms with Crippen molar-refractivity contribution < 1.29 is 39.6 Å². The quantitative estimate of drug-likeness (QED) is 0.721. The van der Waals surface area contributed by atoms with E-state index in [0.717, 1.165) is 4.31 Å². The third-order valence-electron chi connectivity index (χ3n) is 4.25. The van der Waals surface area contributed by atoms with Crippen molar-refractivity contribution >= 4 is 16.1 Å². The van der Waals surface area contributed by atoms with Crippen LogP contribution in [-0.4, -0.2) is 56.4 Å². The van der Waals surface area contributed by atoms with Crippen LogP contribution < -0.4 is 5.32 Å². The van der Waals surface area contributed by atoms with Gasteiger partial charge >= 0.3 is 18.4 Å². The summed E-state index contributed by atoms with van der Waals surface area (Å²) in [6.45, 7) is 1.68. The van der Waals surface area contributed by atoms with Crippen LogP contribution in [0, 0.1) is 0 Å². The largest absolute Gasteiger partial charge is 0.416 e. The number of amides is 2. The number of carbonyl (C=O) groups excluding carboxylic acids is 1. The first-order valence-corrected chi connectivity index (χ1v) is 10.0. The predicted octanol–water partition coefficient (Wildman–Crippen LogP) is 3.15. The second-order valence-corrected chi connectivity index (χ2v) is 8.30. The number of nitrogens with one attached hydrogen (secondary N) is 1. The maximum Gasteiger partial charge on any atom is 0.416 e. The van der Waals surface area contributed by atoms with Gasteiger partial charge in [-0.3, -0.25) is 0 Å². The number of halogens is 6. The first kappa shape index (κ1) is 23.3. The standard InChI is InChI=1S/C16H19F6N3O3S/c1-2-3-23-14(26)24-4-6-25(7-5-24)29(27,28)13-9-11(15(17,18)19)8-12(10-13)16(20,21)22/h8-10H,2-7H2,1H3,(H,23,26). The Labute approximate surface area is 163 Å². The highest BCUT2D eigenvalue weighted by atomic mass is 32.2. The van der Waals surface area contributed by atoms with Gasteiger partial charge in [0.2, 0.25) is 10.0 Å². The van der Waals surface area contributed by atoms with E-state index in [1.807, 2.05) is 6.92 Å². The minimum atomic E-state index is -5.15. The SMILES string of the molecule is CCCNC(=O)N1CCN(S(=O)(=O)c2cc(C(F)(F)F)cc(C(F)(F)F)c2)CC1. The molecule has 2 amide bonds. The molecular formula is C16H19F6N3O3S. The van der Waals surface area contributed by atoms with E-state index in [1.165, 1.54) is 4.90 Å². The maximum atomic E-state index is 13.0. The number of hydrogen-bond donors (Lipinski definition) is 1. The number of nitrogens with zero attached hydrogens (tertiary/aromatic N) is 2. The van der Waals surface area contributed by atoms with Gasteiger partial charge in [-0.05, 0) is 24.6 Å². The summed E-state index contributed by atoms with van der Waals surface area (Å²) in [7, 11) is -4.62. The number of benzene rings is 1. The highest BCUT2D eigenvalue weighted by molar-refractivity contribution is 7.89. The van der Waals surface area contributed by atoms with Crippen molar-refractivity contribution in [3.05, 3.63) is 29.3 Å². The van der Waals surface area contributed by atoms with Crippen LogP contribution in [0.15, 0.2) is 23.1 Å². The van der Waals surface area contributed by atoms with Crippen molar-refractivity contribution in [1.29, 1.82) is 0 Å². The maximum absolute atomic E-state index is 13.0. The van der Waals surface area contributed by atoms with Crippen LogP contribution in [0.4, 0.5) is 31.1 Å². The van der Waals surface area contributed by atoms with Crippen molar-refractivity contribution in [2.45, 2.75) is 30.6 Å². The molecule has 1 N–H and O–H groups in total. The van der Waals surface area contributed by atoms with Crippen LogP contribution in [0.5, 0.6) is 0 Å². The minimum Gasteiger partial charge on any atom is -0.338 e. The number of piperazine rings is 1. The van der Waals surface area contributed by atoms with E-state index in [1.54, 1.807) is 0 Å².